The third-order valence-corrected chi connectivity index (χ3v) is 5.84. The van der Waals surface area contributed by atoms with Gasteiger partial charge in [0.1, 0.15) is 16.2 Å². The quantitative estimate of drug-likeness (QED) is 0.337. The van der Waals surface area contributed by atoms with E-state index in [1.165, 1.54) is 25.6 Å². The molecule has 2 heterocycles. The average Bonchev–Trinajstić information content (AvgIpc) is 3.17. The molecule has 8 nitrogen and oxygen atoms in total. The molecule has 0 aliphatic rings. The minimum Gasteiger partial charge on any atom is -0.504 e. The lowest BCUT2D eigenvalue weighted by atomic mass is 10.1. The predicted octanol–water partition coefficient (Wildman–Crippen LogP) is 4.60. The van der Waals surface area contributed by atoms with E-state index in [9.17, 15) is 9.90 Å². The van der Waals surface area contributed by atoms with Gasteiger partial charge in [0.2, 0.25) is 5.13 Å². The van der Waals surface area contributed by atoms with Gasteiger partial charge < -0.3 is 19.0 Å². The second kappa shape index (κ2) is 8.72. The number of aromatic hydroxyl groups is 1. The van der Waals surface area contributed by atoms with Crippen molar-refractivity contribution >= 4 is 33.4 Å². The Hall–Kier alpha value is -3.85. The van der Waals surface area contributed by atoms with Crippen molar-refractivity contribution < 1.29 is 23.8 Å². The Morgan fingerprint density at radius 3 is 2.72 bits per heavy atom. The molecule has 0 fully saturated rings. The number of thiazole rings is 1. The Kier molecular flexibility index (Phi) is 5.83. The summed E-state index contributed by atoms with van der Waals surface area (Å²) in [5.74, 6) is 0.494. The van der Waals surface area contributed by atoms with Crippen LogP contribution in [0.25, 0.3) is 22.3 Å². The molecular formula is C23H21N3O5S. The minimum atomic E-state index is -0.434. The van der Waals surface area contributed by atoms with E-state index in [4.69, 9.17) is 13.9 Å². The highest BCUT2D eigenvalue weighted by molar-refractivity contribution is 7.17. The molecule has 0 saturated heterocycles. The van der Waals surface area contributed by atoms with Gasteiger partial charge in [-0.3, -0.25) is 5.43 Å². The lowest BCUT2D eigenvalue weighted by molar-refractivity contribution is 0.0605. The van der Waals surface area contributed by atoms with Gasteiger partial charge in [0.25, 0.3) is 0 Å². The molecule has 0 radical (unpaired) electrons. The van der Waals surface area contributed by atoms with E-state index in [-0.39, 0.29) is 5.75 Å². The summed E-state index contributed by atoms with van der Waals surface area (Å²) in [7, 11) is 2.82. The first kappa shape index (κ1) is 21.4. The van der Waals surface area contributed by atoms with Crippen LogP contribution in [-0.4, -0.2) is 30.3 Å². The zero-order chi connectivity index (χ0) is 22.8. The first-order valence-electron chi connectivity index (χ1n) is 9.67. The molecule has 0 spiro atoms. The summed E-state index contributed by atoms with van der Waals surface area (Å²) in [4.78, 5) is 16.6. The minimum absolute atomic E-state index is 0.0415. The number of phenolic OH excluding ortho intramolecular Hbond substituents is 1. The van der Waals surface area contributed by atoms with E-state index in [0.29, 0.717) is 38.2 Å². The highest BCUT2D eigenvalue weighted by Gasteiger charge is 2.15. The Morgan fingerprint density at radius 2 is 1.97 bits per heavy atom. The van der Waals surface area contributed by atoms with Gasteiger partial charge in [-0.15, -0.1) is 0 Å². The standard InChI is InChI=1S/C23H21N3O5S/c1-12-5-8-18-15(9-12)16(25-26-23-24-13(2)21(32-23)22(28)30-4)11-19(31-18)14-6-7-17(27)20(10-14)29-3/h5-11,27H,1-4H3,(H,24,26)/b25-16+. The fraction of sp³-hybridized carbons (Fsp3) is 0.174. The van der Waals surface area contributed by atoms with Crippen molar-refractivity contribution in [2.24, 2.45) is 5.10 Å². The Balaban J connectivity index is 1.82. The largest absolute Gasteiger partial charge is 0.504 e. The number of rotatable bonds is 5. The highest BCUT2D eigenvalue weighted by atomic mass is 32.1. The monoisotopic (exact) mass is 451 g/mol. The first-order valence-corrected chi connectivity index (χ1v) is 10.5. The van der Waals surface area contributed by atoms with Crippen LogP contribution in [0.2, 0.25) is 0 Å². The second-order valence-corrected chi connectivity index (χ2v) is 8.03. The van der Waals surface area contributed by atoms with Crippen LogP contribution in [0, 0.1) is 13.8 Å². The van der Waals surface area contributed by atoms with Gasteiger partial charge in [-0.1, -0.05) is 23.0 Å². The van der Waals surface area contributed by atoms with Gasteiger partial charge in [-0.05, 0) is 44.2 Å². The molecule has 4 rings (SSSR count). The van der Waals surface area contributed by atoms with E-state index in [1.54, 1.807) is 31.2 Å². The smallest absolute Gasteiger partial charge is 0.350 e. The lowest BCUT2D eigenvalue weighted by Gasteiger charge is -2.08. The number of benzene rings is 2. The van der Waals surface area contributed by atoms with E-state index in [0.717, 1.165) is 16.5 Å². The number of nitrogens with one attached hydrogen (secondary N) is 1. The van der Waals surface area contributed by atoms with Crippen LogP contribution in [0.4, 0.5) is 5.13 Å². The van der Waals surface area contributed by atoms with Crippen molar-refractivity contribution in [3.8, 4) is 22.8 Å². The van der Waals surface area contributed by atoms with Crippen LogP contribution >= 0.6 is 11.3 Å². The van der Waals surface area contributed by atoms with Gasteiger partial charge in [0.05, 0.1) is 25.3 Å². The number of aromatic nitrogens is 1. The van der Waals surface area contributed by atoms with Gasteiger partial charge in [-0.2, -0.15) is 5.10 Å². The number of hydrogen-bond acceptors (Lipinski definition) is 9. The number of methoxy groups -OCH3 is 2. The molecular weight excluding hydrogens is 430 g/mol. The number of nitrogens with zero attached hydrogens (tertiary/aromatic N) is 2. The van der Waals surface area contributed by atoms with E-state index in [1.807, 2.05) is 25.1 Å². The van der Waals surface area contributed by atoms with Crippen LogP contribution in [-0.2, 0) is 4.74 Å². The van der Waals surface area contributed by atoms with Crippen molar-refractivity contribution in [2.75, 3.05) is 19.6 Å². The number of phenols is 1. The fourth-order valence-electron chi connectivity index (χ4n) is 3.18. The third kappa shape index (κ3) is 4.15. The summed E-state index contributed by atoms with van der Waals surface area (Å²) in [5, 5.41) is 16.4. The summed E-state index contributed by atoms with van der Waals surface area (Å²) in [6, 6.07) is 12.6. The van der Waals surface area contributed by atoms with Crippen molar-refractivity contribution in [2.45, 2.75) is 13.8 Å². The van der Waals surface area contributed by atoms with E-state index in [2.05, 4.69) is 15.5 Å². The number of anilines is 1. The van der Waals surface area contributed by atoms with Crippen LogP contribution in [0.5, 0.6) is 11.5 Å². The third-order valence-electron chi connectivity index (χ3n) is 4.80. The van der Waals surface area contributed by atoms with Gasteiger partial charge in [-0.25, -0.2) is 9.78 Å². The molecule has 164 valence electrons. The maximum atomic E-state index is 11.9. The maximum absolute atomic E-state index is 11.9. The van der Waals surface area contributed by atoms with Crippen molar-refractivity contribution in [3.05, 3.63) is 64.0 Å². The van der Waals surface area contributed by atoms with E-state index >= 15 is 0 Å². The highest BCUT2D eigenvalue weighted by Crippen LogP contribution is 2.32. The molecule has 2 aromatic carbocycles. The molecule has 0 saturated carbocycles. The molecule has 4 aromatic rings. The molecule has 0 unspecified atom stereocenters. The lowest BCUT2D eigenvalue weighted by Crippen LogP contribution is -2.07. The van der Waals surface area contributed by atoms with Crippen LogP contribution < -0.4 is 15.5 Å². The topological polar surface area (TPSA) is 106 Å². The van der Waals surface area contributed by atoms with E-state index < -0.39 is 5.97 Å². The number of esters is 1. The van der Waals surface area contributed by atoms with Gasteiger partial charge >= 0.3 is 5.97 Å². The molecule has 0 aliphatic carbocycles. The summed E-state index contributed by atoms with van der Waals surface area (Å²) >= 11 is 1.17. The van der Waals surface area contributed by atoms with Crippen molar-refractivity contribution in [3.63, 3.8) is 0 Å². The van der Waals surface area contributed by atoms with Crippen LogP contribution in [0.1, 0.15) is 20.9 Å². The molecule has 32 heavy (non-hydrogen) atoms. The van der Waals surface area contributed by atoms with Crippen LogP contribution in [0.15, 0.2) is 52.0 Å². The molecule has 0 atom stereocenters. The first-order chi connectivity index (χ1) is 15.4. The number of ether oxygens (including phenoxy) is 2. The Bertz CT molecular complexity index is 1390. The molecule has 2 aromatic heterocycles. The molecule has 0 aliphatic heterocycles. The number of fused-ring (bicyclic) bond motifs is 1. The van der Waals surface area contributed by atoms with Crippen LogP contribution in [0.3, 0.4) is 0 Å². The SMILES string of the molecule is COC(=O)c1sc(N/N=c2\cc(-c3ccc(O)c(OC)c3)oc3ccc(C)cc23)nc1C. The summed E-state index contributed by atoms with van der Waals surface area (Å²) in [6.07, 6.45) is 0. The molecule has 2 N–H and O–H groups in total. The summed E-state index contributed by atoms with van der Waals surface area (Å²) in [5.41, 5.74) is 5.93. The number of carbonyl (C=O) groups excluding carboxylic acids is 1. The maximum Gasteiger partial charge on any atom is 0.350 e. The molecule has 0 amide bonds. The van der Waals surface area contributed by atoms with Crippen molar-refractivity contribution in [1.82, 2.24) is 4.98 Å². The fourth-order valence-corrected chi connectivity index (χ4v) is 4.01. The van der Waals surface area contributed by atoms with Gasteiger partial charge in [0.15, 0.2) is 11.5 Å². The summed E-state index contributed by atoms with van der Waals surface area (Å²) < 4.78 is 16.1. The number of hydrogen-bond donors (Lipinski definition) is 2. The van der Waals surface area contributed by atoms with Crippen molar-refractivity contribution in [1.29, 1.82) is 0 Å². The zero-order valence-electron chi connectivity index (χ0n) is 17.9. The Morgan fingerprint density at radius 1 is 1.16 bits per heavy atom. The number of carbonyl (C=O) groups is 1. The summed E-state index contributed by atoms with van der Waals surface area (Å²) in [6.45, 7) is 3.73. The average molecular weight is 452 g/mol. The molecule has 9 heteroatoms. The Labute approximate surface area is 187 Å². The normalized spacial score (nSPS) is 11.6. The second-order valence-electron chi connectivity index (χ2n) is 7.03. The van der Waals surface area contributed by atoms with Gasteiger partial charge in [0, 0.05) is 17.0 Å². The zero-order valence-corrected chi connectivity index (χ0v) is 18.7. The predicted molar refractivity (Wildman–Crippen MR) is 122 cm³/mol. The molecule has 0 bridgehead atoms. The number of aryl methyl sites for hydroxylation is 2.